The highest BCUT2D eigenvalue weighted by Gasteiger charge is 2.21. The molecule has 1 aromatic rings. The Hall–Kier alpha value is -0.960. The molecule has 1 aliphatic heterocycles. The van der Waals surface area contributed by atoms with Gasteiger partial charge in [0.1, 0.15) is 5.82 Å². The van der Waals surface area contributed by atoms with Gasteiger partial charge in [-0.3, -0.25) is 0 Å². The van der Waals surface area contributed by atoms with E-state index in [1.807, 2.05) is 0 Å². The zero-order chi connectivity index (χ0) is 10.8. The van der Waals surface area contributed by atoms with Crippen molar-refractivity contribution in [2.75, 3.05) is 6.54 Å². The molecule has 0 radical (unpaired) electrons. The molecule has 0 spiro atoms. The second-order valence-corrected chi connectivity index (χ2v) is 5.00. The molecule has 1 saturated carbocycles. The Balaban J connectivity index is 1.73. The van der Waals surface area contributed by atoms with Gasteiger partial charge in [0.25, 0.3) is 0 Å². The van der Waals surface area contributed by atoms with Crippen LogP contribution in [0.2, 0.25) is 0 Å². The summed E-state index contributed by atoms with van der Waals surface area (Å²) in [7, 11) is 0. The first-order valence-corrected chi connectivity index (χ1v) is 6.49. The van der Waals surface area contributed by atoms with Crippen LogP contribution in [0.4, 0.5) is 0 Å². The van der Waals surface area contributed by atoms with Gasteiger partial charge in [0.2, 0.25) is 0 Å². The van der Waals surface area contributed by atoms with E-state index in [-0.39, 0.29) is 0 Å². The molecule has 3 heteroatoms. The van der Waals surface area contributed by atoms with E-state index >= 15 is 0 Å². The lowest BCUT2D eigenvalue weighted by molar-refractivity contribution is 0.599. The highest BCUT2D eigenvalue weighted by molar-refractivity contribution is 5.14. The summed E-state index contributed by atoms with van der Waals surface area (Å²) in [6.07, 6.45) is 11.9. The maximum atomic E-state index is 4.53. The van der Waals surface area contributed by atoms with Crippen LogP contribution >= 0.6 is 0 Å². The van der Waals surface area contributed by atoms with Crippen molar-refractivity contribution >= 4 is 0 Å². The van der Waals surface area contributed by atoms with Gasteiger partial charge in [-0.1, -0.05) is 12.8 Å². The van der Waals surface area contributed by atoms with Crippen molar-refractivity contribution in [3.63, 3.8) is 0 Å². The van der Waals surface area contributed by atoms with Crippen LogP contribution in [0.1, 0.15) is 61.9 Å². The van der Waals surface area contributed by atoms with Gasteiger partial charge in [0.15, 0.2) is 0 Å². The molecular formula is C13H19N3. The quantitative estimate of drug-likeness (QED) is 0.827. The molecule has 3 nitrogen and oxygen atoms in total. The van der Waals surface area contributed by atoms with Crippen LogP contribution in [0, 0.1) is 0 Å². The van der Waals surface area contributed by atoms with E-state index in [1.165, 1.54) is 44.1 Å². The molecule has 86 valence electrons. The highest BCUT2D eigenvalue weighted by Crippen LogP contribution is 2.33. The number of nitrogens with one attached hydrogen (secondary N) is 1. The smallest absolute Gasteiger partial charge is 0.145 e. The second-order valence-electron chi connectivity index (χ2n) is 5.00. The highest BCUT2D eigenvalue weighted by atomic mass is 15.0. The van der Waals surface area contributed by atoms with Gasteiger partial charge in [0, 0.05) is 12.4 Å². The summed E-state index contributed by atoms with van der Waals surface area (Å²) < 4.78 is 0. The molecule has 0 amide bonds. The lowest BCUT2D eigenvalue weighted by Gasteiger charge is -2.11. The molecule has 2 fully saturated rings. The summed E-state index contributed by atoms with van der Waals surface area (Å²) in [4.78, 5) is 9.06. The molecule has 1 aliphatic carbocycles. The van der Waals surface area contributed by atoms with Crippen LogP contribution in [0.25, 0.3) is 0 Å². The van der Waals surface area contributed by atoms with Gasteiger partial charge < -0.3 is 5.32 Å². The standard InChI is InChI=1S/C13H19N3/c1-2-5-10(4-1)11-8-15-13(16-9-11)12-6-3-7-14-12/h8-10,12,14H,1-7H2. The Labute approximate surface area is 96.7 Å². The van der Waals surface area contributed by atoms with E-state index < -0.39 is 0 Å². The minimum absolute atomic E-state index is 0.401. The van der Waals surface area contributed by atoms with E-state index in [9.17, 15) is 0 Å². The zero-order valence-corrected chi connectivity index (χ0v) is 9.65. The SMILES string of the molecule is c1nc(C2CCCN2)ncc1C1CCCC1. The number of hydrogen-bond acceptors (Lipinski definition) is 3. The Morgan fingerprint density at radius 3 is 2.38 bits per heavy atom. The van der Waals surface area contributed by atoms with E-state index in [0.29, 0.717) is 6.04 Å². The fraction of sp³-hybridized carbons (Fsp3) is 0.692. The van der Waals surface area contributed by atoms with Crippen molar-refractivity contribution in [3.8, 4) is 0 Å². The van der Waals surface area contributed by atoms with Gasteiger partial charge >= 0.3 is 0 Å². The predicted octanol–water partition coefficient (Wildman–Crippen LogP) is 2.56. The molecule has 2 aliphatic rings. The van der Waals surface area contributed by atoms with Gasteiger partial charge in [-0.05, 0) is 43.7 Å². The molecule has 16 heavy (non-hydrogen) atoms. The maximum absolute atomic E-state index is 4.53. The lowest BCUT2D eigenvalue weighted by atomic mass is 10.0. The van der Waals surface area contributed by atoms with Crippen LogP contribution in [0.3, 0.4) is 0 Å². The number of rotatable bonds is 2. The van der Waals surface area contributed by atoms with Gasteiger partial charge in [-0.15, -0.1) is 0 Å². The van der Waals surface area contributed by atoms with E-state index in [4.69, 9.17) is 0 Å². The van der Waals surface area contributed by atoms with Crippen LogP contribution in [0.5, 0.6) is 0 Å². The van der Waals surface area contributed by atoms with E-state index in [1.54, 1.807) is 0 Å². The molecule has 0 bridgehead atoms. The first-order valence-electron chi connectivity index (χ1n) is 6.49. The average molecular weight is 217 g/mol. The molecule has 1 unspecified atom stereocenters. The maximum Gasteiger partial charge on any atom is 0.145 e. The molecule has 2 heterocycles. The monoisotopic (exact) mass is 217 g/mol. The summed E-state index contributed by atoms with van der Waals surface area (Å²) in [6, 6.07) is 0.401. The Bertz CT molecular complexity index is 300. The molecule has 1 N–H and O–H groups in total. The minimum atomic E-state index is 0.401. The van der Waals surface area contributed by atoms with Crippen LogP contribution in [-0.2, 0) is 0 Å². The summed E-state index contributed by atoms with van der Waals surface area (Å²) in [5, 5.41) is 3.44. The summed E-state index contributed by atoms with van der Waals surface area (Å²) in [6.45, 7) is 1.11. The summed E-state index contributed by atoms with van der Waals surface area (Å²) >= 11 is 0. The molecule has 1 atom stereocenters. The van der Waals surface area contributed by atoms with Gasteiger partial charge in [-0.25, -0.2) is 9.97 Å². The molecule has 1 aromatic heterocycles. The Morgan fingerprint density at radius 1 is 1.00 bits per heavy atom. The normalized spacial score (nSPS) is 26.4. The molecular weight excluding hydrogens is 198 g/mol. The average Bonchev–Trinajstić information content (AvgIpc) is 3.03. The predicted molar refractivity (Wildman–Crippen MR) is 63.2 cm³/mol. The fourth-order valence-electron chi connectivity index (χ4n) is 2.90. The number of aromatic nitrogens is 2. The second kappa shape index (κ2) is 4.50. The molecule has 1 saturated heterocycles. The Kier molecular flexibility index (Phi) is 2.87. The first kappa shape index (κ1) is 10.2. The fourth-order valence-corrected chi connectivity index (χ4v) is 2.90. The summed E-state index contributed by atoms with van der Waals surface area (Å²) in [5.41, 5.74) is 1.35. The topological polar surface area (TPSA) is 37.8 Å². The first-order chi connectivity index (χ1) is 7.93. The van der Waals surface area contributed by atoms with Crippen LogP contribution in [-0.4, -0.2) is 16.5 Å². The summed E-state index contributed by atoms with van der Waals surface area (Å²) in [5.74, 6) is 1.71. The third-order valence-corrected chi connectivity index (χ3v) is 3.89. The van der Waals surface area contributed by atoms with Crippen LogP contribution < -0.4 is 5.32 Å². The van der Waals surface area contributed by atoms with Crippen LogP contribution in [0.15, 0.2) is 12.4 Å². The Morgan fingerprint density at radius 2 is 1.75 bits per heavy atom. The van der Waals surface area contributed by atoms with Crippen molar-refractivity contribution in [2.24, 2.45) is 0 Å². The third kappa shape index (κ3) is 1.96. The van der Waals surface area contributed by atoms with Crippen molar-refractivity contribution < 1.29 is 0 Å². The number of nitrogens with zero attached hydrogens (tertiary/aromatic N) is 2. The minimum Gasteiger partial charge on any atom is -0.307 e. The lowest BCUT2D eigenvalue weighted by Crippen LogP contribution is -2.16. The third-order valence-electron chi connectivity index (χ3n) is 3.89. The van der Waals surface area contributed by atoms with Gasteiger partial charge in [0.05, 0.1) is 6.04 Å². The van der Waals surface area contributed by atoms with E-state index in [0.717, 1.165) is 18.3 Å². The largest absolute Gasteiger partial charge is 0.307 e. The molecule has 0 aromatic carbocycles. The van der Waals surface area contributed by atoms with Crippen molar-refractivity contribution in [1.29, 1.82) is 0 Å². The van der Waals surface area contributed by atoms with Gasteiger partial charge in [-0.2, -0.15) is 0 Å². The van der Waals surface area contributed by atoms with Crippen molar-refractivity contribution in [2.45, 2.75) is 50.5 Å². The van der Waals surface area contributed by atoms with Crippen molar-refractivity contribution in [1.82, 2.24) is 15.3 Å². The zero-order valence-electron chi connectivity index (χ0n) is 9.65. The molecule has 3 rings (SSSR count). The number of hydrogen-bond donors (Lipinski definition) is 1. The van der Waals surface area contributed by atoms with E-state index in [2.05, 4.69) is 27.7 Å². The van der Waals surface area contributed by atoms with Crippen molar-refractivity contribution in [3.05, 3.63) is 23.8 Å².